The zero-order chi connectivity index (χ0) is 13.0. The van der Waals surface area contributed by atoms with Crippen molar-refractivity contribution in [3.8, 4) is 0 Å². The molecular weight excluding hydrogens is 230 g/mol. The third-order valence-corrected chi connectivity index (χ3v) is 2.66. The number of aromatic carboxylic acids is 1. The van der Waals surface area contributed by atoms with E-state index in [0.717, 1.165) is 11.1 Å². The van der Waals surface area contributed by atoms with E-state index in [4.69, 9.17) is 5.11 Å². The minimum atomic E-state index is -1.02. The molecule has 0 amide bonds. The molecule has 1 aromatic heterocycles. The van der Waals surface area contributed by atoms with Crippen molar-refractivity contribution in [3.63, 3.8) is 0 Å². The summed E-state index contributed by atoms with van der Waals surface area (Å²) in [6.07, 6.45) is 1.36. The van der Waals surface area contributed by atoms with Crippen molar-refractivity contribution in [2.24, 2.45) is 0 Å². The lowest BCUT2D eigenvalue weighted by Crippen LogP contribution is -2.09. The van der Waals surface area contributed by atoms with Crippen LogP contribution >= 0.6 is 0 Å². The third-order valence-electron chi connectivity index (χ3n) is 2.66. The predicted octanol–water partition coefficient (Wildman–Crippen LogP) is 2.10. The molecule has 0 saturated carbocycles. The van der Waals surface area contributed by atoms with Gasteiger partial charge in [0.2, 0.25) is 0 Å². The number of benzene rings is 1. The lowest BCUT2D eigenvalue weighted by molar-refractivity contribution is 0.0697. The monoisotopic (exact) mass is 243 g/mol. The average molecular weight is 243 g/mol. The summed E-state index contributed by atoms with van der Waals surface area (Å²) in [5, 5.41) is 19.5. The van der Waals surface area contributed by atoms with Gasteiger partial charge in [0.15, 0.2) is 5.82 Å². The first-order valence-electron chi connectivity index (χ1n) is 5.52. The maximum absolute atomic E-state index is 11.0. The first-order valence-corrected chi connectivity index (χ1v) is 5.52. The smallest absolute Gasteiger partial charge is 0.339 e. The van der Waals surface area contributed by atoms with Crippen LogP contribution in [-0.2, 0) is 6.54 Å². The molecule has 0 saturated heterocycles. The SMILES string of the molecule is Cc1ccccc1CNc1nnccc1C(=O)O. The predicted molar refractivity (Wildman–Crippen MR) is 67.5 cm³/mol. The summed E-state index contributed by atoms with van der Waals surface area (Å²) < 4.78 is 0. The molecule has 0 aliphatic heterocycles. The van der Waals surface area contributed by atoms with Crippen molar-refractivity contribution < 1.29 is 9.90 Å². The Morgan fingerprint density at radius 3 is 2.83 bits per heavy atom. The summed E-state index contributed by atoms with van der Waals surface area (Å²) in [4.78, 5) is 11.0. The van der Waals surface area contributed by atoms with Crippen LogP contribution in [0.3, 0.4) is 0 Å². The Morgan fingerprint density at radius 1 is 1.33 bits per heavy atom. The van der Waals surface area contributed by atoms with Gasteiger partial charge < -0.3 is 10.4 Å². The number of carboxylic acid groups (broad SMARTS) is 1. The van der Waals surface area contributed by atoms with Gasteiger partial charge in [-0.1, -0.05) is 24.3 Å². The summed E-state index contributed by atoms with van der Waals surface area (Å²) in [5.74, 6) is -0.731. The van der Waals surface area contributed by atoms with Gasteiger partial charge in [-0.15, -0.1) is 5.10 Å². The largest absolute Gasteiger partial charge is 0.478 e. The Morgan fingerprint density at radius 2 is 2.11 bits per heavy atom. The lowest BCUT2D eigenvalue weighted by atomic mass is 10.1. The van der Waals surface area contributed by atoms with E-state index in [1.165, 1.54) is 12.3 Å². The van der Waals surface area contributed by atoms with Gasteiger partial charge in [-0.2, -0.15) is 5.10 Å². The van der Waals surface area contributed by atoms with Gasteiger partial charge in [0.1, 0.15) is 5.56 Å². The van der Waals surface area contributed by atoms with Gasteiger partial charge in [-0.3, -0.25) is 0 Å². The summed E-state index contributed by atoms with van der Waals surface area (Å²) in [6, 6.07) is 9.32. The number of carboxylic acids is 1. The molecule has 1 heterocycles. The van der Waals surface area contributed by atoms with Crippen LogP contribution in [0.15, 0.2) is 36.5 Å². The van der Waals surface area contributed by atoms with Crippen LogP contribution in [-0.4, -0.2) is 21.3 Å². The number of aryl methyl sites for hydroxylation is 1. The number of aromatic nitrogens is 2. The Kier molecular flexibility index (Phi) is 3.52. The number of hydrogen-bond acceptors (Lipinski definition) is 4. The third kappa shape index (κ3) is 2.63. The number of carbonyl (C=O) groups is 1. The van der Waals surface area contributed by atoms with Crippen molar-refractivity contribution >= 4 is 11.8 Å². The first-order chi connectivity index (χ1) is 8.68. The van der Waals surface area contributed by atoms with Crippen LogP contribution in [0, 0.1) is 6.92 Å². The van der Waals surface area contributed by atoms with E-state index in [1.807, 2.05) is 31.2 Å². The van der Waals surface area contributed by atoms with Gasteiger partial charge in [-0.25, -0.2) is 4.79 Å². The maximum Gasteiger partial charge on any atom is 0.339 e. The van der Waals surface area contributed by atoms with Gasteiger partial charge >= 0.3 is 5.97 Å². The highest BCUT2D eigenvalue weighted by molar-refractivity contribution is 5.92. The molecule has 5 nitrogen and oxygen atoms in total. The first kappa shape index (κ1) is 12.0. The molecule has 0 radical (unpaired) electrons. The highest BCUT2D eigenvalue weighted by Crippen LogP contribution is 2.13. The Hall–Kier alpha value is -2.43. The van der Waals surface area contributed by atoms with E-state index < -0.39 is 5.97 Å². The summed E-state index contributed by atoms with van der Waals surface area (Å²) in [5.41, 5.74) is 2.36. The van der Waals surface area contributed by atoms with Crippen molar-refractivity contribution in [1.29, 1.82) is 0 Å². The molecule has 0 atom stereocenters. The lowest BCUT2D eigenvalue weighted by Gasteiger charge is -2.09. The molecule has 0 fully saturated rings. The molecule has 5 heteroatoms. The standard InChI is InChI=1S/C13H13N3O2/c1-9-4-2-3-5-10(9)8-14-12-11(13(17)18)6-7-15-16-12/h2-7H,8H2,1H3,(H,14,16)(H,17,18). The minimum Gasteiger partial charge on any atom is -0.478 e. The van der Waals surface area contributed by atoms with Crippen LogP contribution in [0.1, 0.15) is 21.5 Å². The van der Waals surface area contributed by atoms with Crippen molar-refractivity contribution in [1.82, 2.24) is 10.2 Å². The van der Waals surface area contributed by atoms with E-state index in [2.05, 4.69) is 15.5 Å². The molecule has 0 aliphatic carbocycles. The number of anilines is 1. The van der Waals surface area contributed by atoms with Crippen LogP contribution in [0.4, 0.5) is 5.82 Å². The van der Waals surface area contributed by atoms with E-state index in [0.29, 0.717) is 6.54 Å². The van der Waals surface area contributed by atoms with E-state index in [-0.39, 0.29) is 11.4 Å². The summed E-state index contributed by atoms with van der Waals surface area (Å²) in [7, 11) is 0. The van der Waals surface area contributed by atoms with E-state index in [9.17, 15) is 4.79 Å². The zero-order valence-electron chi connectivity index (χ0n) is 9.92. The van der Waals surface area contributed by atoms with E-state index >= 15 is 0 Å². The summed E-state index contributed by atoms with van der Waals surface area (Å²) >= 11 is 0. The fraction of sp³-hybridized carbons (Fsp3) is 0.154. The molecular formula is C13H13N3O2. The van der Waals surface area contributed by atoms with Crippen molar-refractivity contribution in [2.45, 2.75) is 13.5 Å². The number of rotatable bonds is 4. The molecule has 0 spiro atoms. The van der Waals surface area contributed by atoms with E-state index in [1.54, 1.807) is 0 Å². The Bertz CT molecular complexity index is 570. The second-order valence-corrected chi connectivity index (χ2v) is 3.88. The minimum absolute atomic E-state index is 0.124. The molecule has 0 unspecified atom stereocenters. The molecule has 0 bridgehead atoms. The topological polar surface area (TPSA) is 75.1 Å². The van der Waals surface area contributed by atoms with Gasteiger partial charge in [0.25, 0.3) is 0 Å². The second-order valence-electron chi connectivity index (χ2n) is 3.88. The number of hydrogen-bond donors (Lipinski definition) is 2. The van der Waals surface area contributed by atoms with Crippen LogP contribution in [0.2, 0.25) is 0 Å². The molecule has 0 aliphatic rings. The van der Waals surface area contributed by atoms with Crippen LogP contribution in [0.25, 0.3) is 0 Å². The quantitative estimate of drug-likeness (QED) is 0.860. The Balaban J connectivity index is 2.16. The van der Waals surface area contributed by atoms with Crippen molar-refractivity contribution in [2.75, 3.05) is 5.32 Å². The van der Waals surface area contributed by atoms with Crippen molar-refractivity contribution in [3.05, 3.63) is 53.2 Å². The fourth-order valence-electron chi connectivity index (χ4n) is 1.62. The molecule has 2 N–H and O–H groups in total. The maximum atomic E-state index is 11.0. The highest BCUT2D eigenvalue weighted by atomic mass is 16.4. The molecule has 1 aromatic carbocycles. The number of nitrogens with zero attached hydrogens (tertiary/aromatic N) is 2. The highest BCUT2D eigenvalue weighted by Gasteiger charge is 2.10. The molecule has 92 valence electrons. The fourth-order valence-corrected chi connectivity index (χ4v) is 1.62. The summed E-state index contributed by atoms with van der Waals surface area (Å²) in [6.45, 7) is 2.53. The van der Waals surface area contributed by atoms with Gasteiger partial charge in [-0.05, 0) is 24.1 Å². The van der Waals surface area contributed by atoms with Gasteiger partial charge in [0, 0.05) is 6.54 Å². The average Bonchev–Trinajstić information content (AvgIpc) is 2.38. The molecule has 2 rings (SSSR count). The second kappa shape index (κ2) is 5.27. The van der Waals surface area contributed by atoms with Gasteiger partial charge in [0.05, 0.1) is 6.20 Å². The van der Waals surface area contributed by atoms with Crippen LogP contribution < -0.4 is 5.32 Å². The molecule has 2 aromatic rings. The number of nitrogens with one attached hydrogen (secondary N) is 1. The normalized spacial score (nSPS) is 10.1. The molecule has 18 heavy (non-hydrogen) atoms. The van der Waals surface area contributed by atoms with Crippen LogP contribution in [0.5, 0.6) is 0 Å². The zero-order valence-corrected chi connectivity index (χ0v) is 9.92. The Labute approximate surface area is 104 Å².